The van der Waals surface area contributed by atoms with Crippen molar-refractivity contribution in [3.8, 4) is 0 Å². The summed E-state index contributed by atoms with van der Waals surface area (Å²) < 4.78 is 26.9. The summed E-state index contributed by atoms with van der Waals surface area (Å²) in [4.78, 5) is 28.6. The number of sulfonamides is 1. The largest absolute Gasteiger partial charge is 0.355 e. The van der Waals surface area contributed by atoms with Gasteiger partial charge >= 0.3 is 0 Å². The van der Waals surface area contributed by atoms with E-state index >= 15 is 0 Å². The maximum Gasteiger partial charge on any atom is 0.243 e. The molecule has 0 radical (unpaired) electrons. The molecule has 0 bridgehead atoms. The van der Waals surface area contributed by atoms with E-state index in [1.54, 1.807) is 35.2 Å². The van der Waals surface area contributed by atoms with Crippen LogP contribution in [0.5, 0.6) is 0 Å². The number of likely N-dealkylation sites (N-methyl/N-ethyl adjacent to an activating group) is 1. The Balaban J connectivity index is 1.77. The first kappa shape index (κ1) is 28.1. The molecule has 3 rings (SSSR count). The standard InChI is InChI=1S/C29H35N3O4S/c1-3-30-29(34)27(22-24-14-7-4-8-15-24)32(23-25-16-9-5-10-17-25)28(33)20-13-21-31(2)37(35,36)26-18-11-6-12-19-26/h4-12,14-19,27H,3,13,20-23H2,1-2H3,(H,30,34)/t27-/m1/s1. The van der Waals surface area contributed by atoms with Crippen molar-refractivity contribution in [3.05, 3.63) is 102 Å². The molecule has 0 aromatic heterocycles. The van der Waals surface area contributed by atoms with Gasteiger partial charge < -0.3 is 10.2 Å². The van der Waals surface area contributed by atoms with Crippen LogP contribution >= 0.6 is 0 Å². The number of hydrogen-bond donors (Lipinski definition) is 1. The third kappa shape index (κ3) is 8.00. The van der Waals surface area contributed by atoms with E-state index in [2.05, 4.69) is 5.32 Å². The number of hydrogen-bond acceptors (Lipinski definition) is 4. The van der Waals surface area contributed by atoms with E-state index in [0.717, 1.165) is 11.1 Å². The minimum absolute atomic E-state index is 0.117. The number of nitrogens with zero attached hydrogens (tertiary/aromatic N) is 2. The quantitative estimate of drug-likeness (QED) is 0.370. The van der Waals surface area contributed by atoms with E-state index in [0.29, 0.717) is 19.4 Å². The number of carbonyl (C=O) groups is 2. The van der Waals surface area contributed by atoms with E-state index < -0.39 is 16.1 Å². The molecule has 0 heterocycles. The van der Waals surface area contributed by atoms with Gasteiger partial charge in [0.1, 0.15) is 6.04 Å². The van der Waals surface area contributed by atoms with Crippen LogP contribution in [0.3, 0.4) is 0 Å². The molecule has 196 valence electrons. The van der Waals surface area contributed by atoms with Gasteiger partial charge in [0.2, 0.25) is 21.8 Å². The zero-order valence-corrected chi connectivity index (χ0v) is 22.2. The van der Waals surface area contributed by atoms with E-state index in [-0.39, 0.29) is 36.2 Å². The highest BCUT2D eigenvalue weighted by molar-refractivity contribution is 7.89. The summed E-state index contributed by atoms with van der Waals surface area (Å²) >= 11 is 0. The first-order chi connectivity index (χ1) is 17.8. The highest BCUT2D eigenvalue weighted by Crippen LogP contribution is 2.18. The van der Waals surface area contributed by atoms with Crippen LogP contribution in [0, 0.1) is 0 Å². The highest BCUT2D eigenvalue weighted by atomic mass is 32.2. The van der Waals surface area contributed by atoms with Crippen LogP contribution in [0.25, 0.3) is 0 Å². The monoisotopic (exact) mass is 521 g/mol. The Kier molecular flexibility index (Phi) is 10.4. The van der Waals surface area contributed by atoms with Gasteiger partial charge in [0.25, 0.3) is 0 Å². The lowest BCUT2D eigenvalue weighted by atomic mass is 10.0. The first-order valence-corrected chi connectivity index (χ1v) is 13.9. The topological polar surface area (TPSA) is 86.8 Å². The molecule has 1 N–H and O–H groups in total. The normalized spacial score (nSPS) is 12.2. The Morgan fingerprint density at radius 3 is 1.95 bits per heavy atom. The third-order valence-electron chi connectivity index (χ3n) is 6.13. The fraction of sp³-hybridized carbons (Fsp3) is 0.310. The van der Waals surface area contributed by atoms with Crippen LogP contribution in [-0.2, 0) is 32.6 Å². The van der Waals surface area contributed by atoms with Crippen LogP contribution in [-0.4, -0.2) is 55.6 Å². The van der Waals surface area contributed by atoms with Gasteiger partial charge in [-0.1, -0.05) is 78.9 Å². The molecule has 0 saturated heterocycles. The predicted molar refractivity (Wildman–Crippen MR) is 145 cm³/mol. The van der Waals surface area contributed by atoms with Crippen LogP contribution < -0.4 is 5.32 Å². The fourth-order valence-corrected chi connectivity index (χ4v) is 5.35. The van der Waals surface area contributed by atoms with Crippen molar-refractivity contribution in [1.82, 2.24) is 14.5 Å². The number of amides is 2. The summed E-state index contributed by atoms with van der Waals surface area (Å²) in [5.74, 6) is -0.402. The van der Waals surface area contributed by atoms with Crippen molar-refractivity contribution < 1.29 is 18.0 Å². The number of benzene rings is 3. The lowest BCUT2D eigenvalue weighted by Crippen LogP contribution is -2.50. The second-order valence-electron chi connectivity index (χ2n) is 8.85. The second kappa shape index (κ2) is 13.7. The van der Waals surface area contributed by atoms with Crippen molar-refractivity contribution in [1.29, 1.82) is 0 Å². The van der Waals surface area contributed by atoms with Crippen molar-refractivity contribution in [2.24, 2.45) is 0 Å². The van der Waals surface area contributed by atoms with Crippen molar-refractivity contribution >= 4 is 21.8 Å². The lowest BCUT2D eigenvalue weighted by Gasteiger charge is -2.31. The second-order valence-corrected chi connectivity index (χ2v) is 10.9. The zero-order valence-electron chi connectivity index (χ0n) is 21.4. The van der Waals surface area contributed by atoms with Crippen LogP contribution in [0.15, 0.2) is 95.9 Å². The summed E-state index contributed by atoms with van der Waals surface area (Å²) in [6, 6.07) is 26.7. The molecule has 2 amide bonds. The Labute approximate surface area is 220 Å². The smallest absolute Gasteiger partial charge is 0.243 e. The third-order valence-corrected chi connectivity index (χ3v) is 8.00. The van der Waals surface area contributed by atoms with Gasteiger partial charge in [0.05, 0.1) is 4.90 Å². The number of nitrogens with one attached hydrogen (secondary N) is 1. The van der Waals surface area contributed by atoms with E-state index in [1.807, 2.05) is 67.6 Å². The molecule has 0 unspecified atom stereocenters. The molecule has 7 nitrogen and oxygen atoms in total. The summed E-state index contributed by atoms with van der Waals surface area (Å²) in [5.41, 5.74) is 1.88. The maximum absolute atomic E-state index is 13.6. The van der Waals surface area contributed by atoms with Gasteiger partial charge in [-0.15, -0.1) is 0 Å². The molecule has 0 aliphatic carbocycles. The Hall–Kier alpha value is -3.49. The molecular formula is C29H35N3O4S. The average molecular weight is 522 g/mol. The number of carbonyl (C=O) groups excluding carboxylic acids is 2. The molecule has 0 fully saturated rings. The molecule has 0 spiro atoms. The maximum atomic E-state index is 13.6. The molecule has 0 aliphatic heterocycles. The van der Waals surface area contributed by atoms with Crippen molar-refractivity contribution in [2.45, 2.75) is 43.7 Å². The molecule has 8 heteroatoms. The van der Waals surface area contributed by atoms with Gasteiger partial charge in [0.15, 0.2) is 0 Å². The molecule has 37 heavy (non-hydrogen) atoms. The zero-order chi connectivity index (χ0) is 26.7. The molecule has 3 aromatic rings. The van der Waals surface area contributed by atoms with Gasteiger partial charge in [0, 0.05) is 39.5 Å². The highest BCUT2D eigenvalue weighted by Gasteiger charge is 2.30. The van der Waals surface area contributed by atoms with Crippen LogP contribution in [0.4, 0.5) is 0 Å². The van der Waals surface area contributed by atoms with Gasteiger partial charge in [-0.05, 0) is 36.6 Å². The summed E-state index contributed by atoms with van der Waals surface area (Å²) in [7, 11) is -2.12. The van der Waals surface area contributed by atoms with Gasteiger partial charge in [-0.2, -0.15) is 0 Å². The van der Waals surface area contributed by atoms with Crippen molar-refractivity contribution in [3.63, 3.8) is 0 Å². The van der Waals surface area contributed by atoms with Gasteiger partial charge in [-0.3, -0.25) is 9.59 Å². The van der Waals surface area contributed by atoms with Crippen molar-refractivity contribution in [2.75, 3.05) is 20.1 Å². The lowest BCUT2D eigenvalue weighted by molar-refractivity contribution is -0.141. The SMILES string of the molecule is CCNC(=O)[C@@H](Cc1ccccc1)N(Cc1ccccc1)C(=O)CCCN(C)S(=O)(=O)c1ccccc1. The van der Waals surface area contributed by atoms with Crippen LogP contribution in [0.2, 0.25) is 0 Å². The van der Waals surface area contributed by atoms with E-state index in [1.165, 1.54) is 11.4 Å². The first-order valence-electron chi connectivity index (χ1n) is 12.5. The Morgan fingerprint density at radius 1 is 0.838 bits per heavy atom. The minimum Gasteiger partial charge on any atom is -0.355 e. The number of rotatable bonds is 13. The predicted octanol–water partition coefficient (Wildman–Crippen LogP) is 3.86. The fourth-order valence-electron chi connectivity index (χ4n) is 4.12. The summed E-state index contributed by atoms with van der Waals surface area (Å²) in [6.07, 6.45) is 0.833. The van der Waals surface area contributed by atoms with Crippen LogP contribution in [0.1, 0.15) is 30.9 Å². The molecule has 0 aliphatic rings. The molecule has 1 atom stereocenters. The molecular weight excluding hydrogens is 486 g/mol. The molecule has 0 saturated carbocycles. The summed E-state index contributed by atoms with van der Waals surface area (Å²) in [5, 5.41) is 2.88. The Bertz CT molecular complexity index is 1240. The molecule has 3 aromatic carbocycles. The summed E-state index contributed by atoms with van der Waals surface area (Å²) in [6.45, 7) is 2.78. The average Bonchev–Trinajstić information content (AvgIpc) is 2.92. The Morgan fingerprint density at radius 2 is 1.38 bits per heavy atom. The van der Waals surface area contributed by atoms with E-state index in [9.17, 15) is 18.0 Å². The minimum atomic E-state index is -3.64. The van der Waals surface area contributed by atoms with E-state index in [4.69, 9.17) is 0 Å². The van der Waals surface area contributed by atoms with Gasteiger partial charge in [-0.25, -0.2) is 12.7 Å².